The maximum absolute atomic E-state index is 5.70. The van der Waals surface area contributed by atoms with Crippen LogP contribution in [-0.4, -0.2) is 0 Å². The summed E-state index contributed by atoms with van der Waals surface area (Å²) in [5.41, 5.74) is 1.04. The summed E-state index contributed by atoms with van der Waals surface area (Å²) >= 11 is 0. The summed E-state index contributed by atoms with van der Waals surface area (Å²) in [6.07, 6.45) is 11.0. The van der Waals surface area contributed by atoms with Gasteiger partial charge in [-0.1, -0.05) is 24.1 Å². The highest BCUT2D eigenvalue weighted by Crippen LogP contribution is 2.21. The molecule has 0 unspecified atom stereocenters. The van der Waals surface area contributed by atoms with Gasteiger partial charge in [0.15, 0.2) is 0 Å². The molecule has 0 heterocycles. The van der Waals surface area contributed by atoms with Crippen LogP contribution in [0.2, 0.25) is 0 Å². The number of hydrogen-bond acceptors (Lipinski definition) is 1. The molecular formula is C14H12O. The third-order valence-corrected chi connectivity index (χ3v) is 2.29. The maximum atomic E-state index is 5.70. The van der Waals surface area contributed by atoms with Crippen molar-refractivity contribution in [2.45, 2.75) is 12.8 Å². The van der Waals surface area contributed by atoms with Crippen molar-refractivity contribution in [3.05, 3.63) is 53.8 Å². The molecule has 0 saturated carbocycles. The maximum Gasteiger partial charge on any atom is 0.126 e. The zero-order chi connectivity index (χ0) is 10.5. The van der Waals surface area contributed by atoms with E-state index < -0.39 is 0 Å². The van der Waals surface area contributed by atoms with E-state index >= 15 is 0 Å². The quantitative estimate of drug-likeness (QED) is 0.659. The summed E-state index contributed by atoms with van der Waals surface area (Å²) in [4.78, 5) is 0. The van der Waals surface area contributed by atoms with Crippen molar-refractivity contribution in [1.29, 1.82) is 0 Å². The molecule has 0 amide bonds. The molecule has 0 spiro atoms. The number of para-hydroxylation sites is 1. The summed E-state index contributed by atoms with van der Waals surface area (Å²) in [5.74, 6) is 4.50. The molecule has 1 aromatic rings. The van der Waals surface area contributed by atoms with Gasteiger partial charge in [0.25, 0.3) is 0 Å². The molecular weight excluding hydrogens is 184 g/mol. The second-order valence-electron chi connectivity index (χ2n) is 3.38. The Labute approximate surface area is 90.1 Å². The van der Waals surface area contributed by atoms with Gasteiger partial charge in [-0.3, -0.25) is 0 Å². The van der Waals surface area contributed by atoms with Gasteiger partial charge < -0.3 is 4.74 Å². The molecule has 15 heavy (non-hydrogen) atoms. The molecule has 0 aromatic heterocycles. The molecule has 1 nitrogen and oxygen atoms in total. The van der Waals surface area contributed by atoms with Gasteiger partial charge in [0.2, 0.25) is 0 Å². The summed E-state index contributed by atoms with van der Waals surface area (Å²) in [5, 5.41) is 0. The van der Waals surface area contributed by atoms with Crippen LogP contribution < -0.4 is 4.74 Å². The predicted octanol–water partition coefficient (Wildman–Crippen LogP) is 3.30. The van der Waals surface area contributed by atoms with E-state index in [9.17, 15) is 0 Å². The lowest BCUT2D eigenvalue weighted by atomic mass is 10.0. The summed E-state index contributed by atoms with van der Waals surface area (Å²) in [6, 6.07) is 9.78. The van der Waals surface area contributed by atoms with Crippen LogP contribution >= 0.6 is 0 Å². The van der Waals surface area contributed by atoms with E-state index in [4.69, 9.17) is 11.2 Å². The van der Waals surface area contributed by atoms with Gasteiger partial charge in [0.1, 0.15) is 11.5 Å². The Balaban J connectivity index is 2.07. The minimum Gasteiger partial charge on any atom is -0.462 e. The third kappa shape index (κ3) is 2.51. The molecule has 1 heteroatoms. The predicted molar refractivity (Wildman–Crippen MR) is 61.3 cm³/mol. The van der Waals surface area contributed by atoms with Crippen LogP contribution in [0, 0.1) is 12.3 Å². The largest absolute Gasteiger partial charge is 0.462 e. The van der Waals surface area contributed by atoms with Crippen LogP contribution in [0.5, 0.6) is 5.75 Å². The Morgan fingerprint density at radius 1 is 1.07 bits per heavy atom. The molecule has 0 fully saturated rings. The van der Waals surface area contributed by atoms with Crippen molar-refractivity contribution in [3.63, 3.8) is 0 Å². The number of rotatable bonds is 2. The lowest BCUT2D eigenvalue weighted by molar-refractivity contribution is 0.401. The number of allylic oxidation sites excluding steroid dienone is 4. The van der Waals surface area contributed by atoms with Crippen molar-refractivity contribution in [2.24, 2.45) is 0 Å². The zero-order valence-corrected chi connectivity index (χ0v) is 8.44. The molecule has 0 N–H and O–H groups in total. The fourth-order valence-electron chi connectivity index (χ4n) is 1.46. The summed E-state index contributed by atoms with van der Waals surface area (Å²) in [7, 11) is 0. The van der Waals surface area contributed by atoms with Crippen LogP contribution in [0.1, 0.15) is 12.8 Å². The van der Waals surface area contributed by atoms with E-state index in [0.717, 1.165) is 29.9 Å². The van der Waals surface area contributed by atoms with Crippen molar-refractivity contribution in [2.75, 3.05) is 0 Å². The first-order chi connectivity index (χ1) is 7.38. The van der Waals surface area contributed by atoms with Crippen LogP contribution in [0.25, 0.3) is 0 Å². The Morgan fingerprint density at radius 3 is 2.47 bits per heavy atom. The van der Waals surface area contributed by atoms with Crippen LogP contribution in [0.4, 0.5) is 0 Å². The summed E-state index contributed by atoms with van der Waals surface area (Å²) < 4.78 is 5.70. The topological polar surface area (TPSA) is 9.23 Å². The van der Waals surface area contributed by atoms with E-state index in [1.165, 1.54) is 0 Å². The SMILES string of the molecule is C#CC1=CC=C(Oc2ccccc2)CC1. The molecule has 0 atom stereocenters. The van der Waals surface area contributed by atoms with Gasteiger partial charge in [-0.15, -0.1) is 6.42 Å². The van der Waals surface area contributed by atoms with E-state index in [2.05, 4.69) is 5.92 Å². The number of hydrogen-bond donors (Lipinski definition) is 0. The Bertz CT molecular complexity index is 432. The first kappa shape index (κ1) is 9.61. The van der Waals surface area contributed by atoms with E-state index in [0.29, 0.717) is 0 Å². The highest BCUT2D eigenvalue weighted by atomic mass is 16.5. The van der Waals surface area contributed by atoms with Gasteiger partial charge in [-0.25, -0.2) is 0 Å². The number of ether oxygens (including phenoxy) is 1. The average Bonchev–Trinajstić information content (AvgIpc) is 2.31. The Hall–Kier alpha value is -1.94. The number of benzene rings is 1. The van der Waals surface area contributed by atoms with Gasteiger partial charge in [-0.2, -0.15) is 0 Å². The smallest absolute Gasteiger partial charge is 0.126 e. The summed E-state index contributed by atoms with van der Waals surface area (Å²) in [6.45, 7) is 0. The lowest BCUT2D eigenvalue weighted by Crippen LogP contribution is -1.99. The molecule has 0 aliphatic heterocycles. The Morgan fingerprint density at radius 2 is 1.87 bits per heavy atom. The highest BCUT2D eigenvalue weighted by Gasteiger charge is 2.06. The van der Waals surface area contributed by atoms with Crippen molar-refractivity contribution in [3.8, 4) is 18.1 Å². The van der Waals surface area contributed by atoms with E-state index in [1.807, 2.05) is 42.5 Å². The highest BCUT2D eigenvalue weighted by molar-refractivity contribution is 5.34. The molecule has 0 saturated heterocycles. The average molecular weight is 196 g/mol. The number of terminal acetylenes is 1. The van der Waals surface area contributed by atoms with Crippen LogP contribution in [0.3, 0.4) is 0 Å². The van der Waals surface area contributed by atoms with Crippen molar-refractivity contribution >= 4 is 0 Å². The third-order valence-electron chi connectivity index (χ3n) is 2.29. The minimum absolute atomic E-state index is 0.876. The monoisotopic (exact) mass is 196 g/mol. The van der Waals surface area contributed by atoms with E-state index in [1.54, 1.807) is 0 Å². The minimum atomic E-state index is 0.876. The van der Waals surface area contributed by atoms with Gasteiger partial charge >= 0.3 is 0 Å². The molecule has 1 aliphatic carbocycles. The van der Waals surface area contributed by atoms with Crippen LogP contribution in [-0.2, 0) is 0 Å². The molecule has 2 rings (SSSR count). The lowest BCUT2D eigenvalue weighted by Gasteiger charge is -2.12. The second-order valence-corrected chi connectivity index (χ2v) is 3.38. The fraction of sp³-hybridized carbons (Fsp3) is 0.143. The van der Waals surface area contributed by atoms with Crippen LogP contribution in [0.15, 0.2) is 53.8 Å². The molecule has 1 aromatic carbocycles. The van der Waals surface area contributed by atoms with Gasteiger partial charge in [0.05, 0.1) is 0 Å². The van der Waals surface area contributed by atoms with Gasteiger partial charge in [-0.05, 0) is 30.7 Å². The van der Waals surface area contributed by atoms with Crippen molar-refractivity contribution < 1.29 is 4.74 Å². The Kier molecular flexibility index (Phi) is 2.90. The first-order valence-electron chi connectivity index (χ1n) is 4.98. The fourth-order valence-corrected chi connectivity index (χ4v) is 1.46. The van der Waals surface area contributed by atoms with E-state index in [-0.39, 0.29) is 0 Å². The van der Waals surface area contributed by atoms with Crippen molar-refractivity contribution in [1.82, 2.24) is 0 Å². The standard InChI is InChI=1S/C14H12O/c1-2-12-8-10-14(11-9-12)15-13-6-4-3-5-7-13/h1,3-8,10H,9,11H2. The second kappa shape index (κ2) is 4.52. The normalized spacial score (nSPS) is 14.9. The van der Waals surface area contributed by atoms with Gasteiger partial charge in [0, 0.05) is 12.0 Å². The first-order valence-corrected chi connectivity index (χ1v) is 4.98. The molecule has 0 radical (unpaired) electrons. The zero-order valence-electron chi connectivity index (χ0n) is 8.44. The molecule has 74 valence electrons. The molecule has 1 aliphatic rings. The molecule has 0 bridgehead atoms.